The van der Waals surface area contributed by atoms with Crippen LogP contribution in [0.3, 0.4) is 0 Å². The number of ether oxygens (including phenoxy) is 4. The molecular weight excluding hydrogens is 481 g/mol. The number of amides is 1. The highest BCUT2D eigenvalue weighted by atomic mass is 35.5. The summed E-state index contributed by atoms with van der Waals surface area (Å²) in [4.78, 5) is 23.9. The van der Waals surface area contributed by atoms with Crippen LogP contribution in [-0.4, -0.2) is 45.5 Å². The maximum atomic E-state index is 12.1. The first kappa shape index (κ1) is 27.6. The maximum absolute atomic E-state index is 12.1. The van der Waals surface area contributed by atoms with E-state index in [4.69, 9.17) is 42.1 Å². The quantitative estimate of drug-likeness (QED) is 0.277. The number of hydrogen-bond acceptors (Lipinski definition) is 6. The lowest BCUT2D eigenvalue weighted by Gasteiger charge is -2.16. The molecule has 1 atom stereocenters. The van der Waals surface area contributed by atoms with E-state index in [1.54, 1.807) is 12.1 Å². The zero-order valence-corrected chi connectivity index (χ0v) is 21.2. The zero-order chi connectivity index (χ0) is 24.9. The molecule has 0 radical (unpaired) electrons. The molecule has 0 saturated carbocycles. The van der Waals surface area contributed by atoms with E-state index in [-0.39, 0.29) is 13.2 Å². The van der Waals surface area contributed by atoms with Crippen molar-refractivity contribution < 1.29 is 28.5 Å². The van der Waals surface area contributed by atoms with Crippen molar-refractivity contribution >= 4 is 35.3 Å². The molecule has 0 aromatic heterocycles. The van der Waals surface area contributed by atoms with E-state index in [9.17, 15) is 9.59 Å². The monoisotopic (exact) mass is 511 g/mol. The zero-order valence-electron chi connectivity index (χ0n) is 19.7. The first-order chi connectivity index (χ1) is 16.3. The summed E-state index contributed by atoms with van der Waals surface area (Å²) in [6.07, 6.45) is 1.58. The molecule has 2 aromatic rings. The second kappa shape index (κ2) is 14.6. The van der Waals surface area contributed by atoms with Crippen molar-refractivity contribution in [1.82, 2.24) is 5.32 Å². The predicted octanol–water partition coefficient (Wildman–Crippen LogP) is 5.62. The third kappa shape index (κ3) is 9.31. The number of benzene rings is 2. The smallest absolute Gasteiger partial charge is 0.407 e. The fraction of sp³-hybridized carbons (Fsp3) is 0.440. The van der Waals surface area contributed by atoms with Crippen LogP contribution in [0.4, 0.5) is 4.79 Å². The van der Waals surface area contributed by atoms with Crippen molar-refractivity contribution in [3.8, 4) is 11.5 Å². The topological polar surface area (TPSA) is 83.1 Å². The summed E-state index contributed by atoms with van der Waals surface area (Å²) in [6.45, 7) is 4.96. The van der Waals surface area contributed by atoms with Crippen LogP contribution < -0.4 is 14.8 Å². The van der Waals surface area contributed by atoms with Crippen molar-refractivity contribution in [1.29, 1.82) is 0 Å². The van der Waals surface area contributed by atoms with Gasteiger partial charge in [-0.05, 0) is 55.2 Å². The number of hydrogen-bond donors (Lipinski definition) is 1. The molecule has 0 aliphatic rings. The van der Waals surface area contributed by atoms with Crippen LogP contribution in [0.5, 0.6) is 11.5 Å². The normalized spacial score (nSPS) is 11.4. The summed E-state index contributed by atoms with van der Waals surface area (Å²) in [5.41, 5.74) is 1.86. The van der Waals surface area contributed by atoms with Gasteiger partial charge in [-0.3, -0.25) is 4.79 Å². The van der Waals surface area contributed by atoms with Crippen LogP contribution in [0, 0.1) is 12.8 Å². The molecule has 2 rings (SSSR count). The van der Waals surface area contributed by atoms with Crippen LogP contribution in [-0.2, 0) is 20.7 Å². The number of alkyl carbamates (subject to hydrolysis) is 1. The Balaban J connectivity index is 1.82. The van der Waals surface area contributed by atoms with Crippen LogP contribution in [0.1, 0.15) is 30.9 Å². The van der Waals surface area contributed by atoms with E-state index in [0.717, 1.165) is 24.0 Å². The molecule has 0 heterocycles. The number of esters is 1. The number of carbonyl (C=O) groups is 2. The van der Waals surface area contributed by atoms with Gasteiger partial charge in [0.05, 0.1) is 29.7 Å². The van der Waals surface area contributed by atoms with Gasteiger partial charge in [0, 0.05) is 6.54 Å². The molecule has 0 aliphatic heterocycles. The molecule has 7 nitrogen and oxygen atoms in total. The largest absolute Gasteiger partial charge is 0.490 e. The molecule has 0 spiro atoms. The van der Waals surface area contributed by atoms with E-state index >= 15 is 0 Å². The first-order valence-corrected chi connectivity index (χ1v) is 11.9. The molecule has 0 aliphatic carbocycles. The standard InChI is InChI=1S/C25H31Cl2NO6/c1-4-5-10-34-25(30)28-16-19(24(29)31-3)15-18-6-8-20(9-7-18)32-11-12-33-23-21(26)13-17(2)14-22(23)27/h6-9,13-14,19H,4-5,10-12,15-16H2,1-3H3,(H,28,30). The Morgan fingerprint density at radius 3 is 2.26 bits per heavy atom. The minimum absolute atomic E-state index is 0.122. The highest BCUT2D eigenvalue weighted by Gasteiger charge is 2.21. The Labute approximate surface area is 210 Å². The Bertz CT molecular complexity index is 912. The number of halogens is 2. The molecule has 34 heavy (non-hydrogen) atoms. The lowest BCUT2D eigenvalue weighted by Crippen LogP contribution is -2.35. The summed E-state index contributed by atoms with van der Waals surface area (Å²) in [6, 6.07) is 10.9. The summed E-state index contributed by atoms with van der Waals surface area (Å²) < 4.78 is 21.3. The summed E-state index contributed by atoms with van der Waals surface area (Å²) in [7, 11) is 1.32. The van der Waals surface area contributed by atoms with E-state index in [1.165, 1.54) is 7.11 Å². The van der Waals surface area contributed by atoms with Crippen molar-refractivity contribution in [2.24, 2.45) is 5.92 Å². The van der Waals surface area contributed by atoms with Gasteiger partial charge in [-0.2, -0.15) is 0 Å². The van der Waals surface area contributed by atoms with Gasteiger partial charge in [0.1, 0.15) is 19.0 Å². The van der Waals surface area contributed by atoms with E-state index in [1.807, 2.05) is 38.1 Å². The van der Waals surface area contributed by atoms with E-state index in [2.05, 4.69) is 5.32 Å². The Morgan fingerprint density at radius 2 is 1.65 bits per heavy atom. The molecule has 1 N–H and O–H groups in total. The Hall–Kier alpha value is -2.64. The minimum atomic E-state index is -0.540. The molecule has 1 amide bonds. The van der Waals surface area contributed by atoms with Crippen LogP contribution >= 0.6 is 23.2 Å². The molecule has 2 aromatic carbocycles. The maximum Gasteiger partial charge on any atom is 0.407 e. The van der Waals surface area contributed by atoms with Gasteiger partial charge in [0.2, 0.25) is 0 Å². The van der Waals surface area contributed by atoms with Gasteiger partial charge in [-0.15, -0.1) is 0 Å². The second-order valence-corrected chi connectivity index (χ2v) is 8.51. The van der Waals surface area contributed by atoms with E-state index in [0.29, 0.717) is 41.2 Å². The summed E-state index contributed by atoms with van der Waals surface area (Å²) in [5.74, 6) is 0.151. The molecule has 0 bridgehead atoms. The summed E-state index contributed by atoms with van der Waals surface area (Å²) >= 11 is 12.4. The molecule has 0 saturated heterocycles. The average Bonchev–Trinajstić information content (AvgIpc) is 2.81. The lowest BCUT2D eigenvalue weighted by atomic mass is 9.99. The van der Waals surface area contributed by atoms with Crippen molar-refractivity contribution in [2.45, 2.75) is 33.1 Å². The fourth-order valence-corrected chi connectivity index (χ4v) is 3.81. The Kier molecular flexibility index (Phi) is 11.8. The fourth-order valence-electron chi connectivity index (χ4n) is 3.11. The highest BCUT2D eigenvalue weighted by molar-refractivity contribution is 6.37. The number of rotatable bonds is 13. The van der Waals surface area contributed by atoms with Crippen molar-refractivity contribution in [3.63, 3.8) is 0 Å². The SMILES string of the molecule is CCCCOC(=O)NCC(Cc1ccc(OCCOc2c(Cl)cc(C)cc2Cl)cc1)C(=O)OC. The average molecular weight is 512 g/mol. The molecular formula is C25H31Cl2NO6. The third-order valence-electron chi connectivity index (χ3n) is 4.90. The van der Waals surface area contributed by atoms with Crippen LogP contribution in [0.15, 0.2) is 36.4 Å². The number of carbonyl (C=O) groups excluding carboxylic acids is 2. The van der Waals surface area contributed by atoms with Gasteiger partial charge < -0.3 is 24.3 Å². The second-order valence-electron chi connectivity index (χ2n) is 7.69. The van der Waals surface area contributed by atoms with Gasteiger partial charge in [0.15, 0.2) is 5.75 Å². The molecule has 1 unspecified atom stereocenters. The predicted molar refractivity (Wildman–Crippen MR) is 132 cm³/mol. The molecule has 186 valence electrons. The number of methoxy groups -OCH3 is 1. The van der Waals surface area contributed by atoms with Crippen molar-refractivity contribution in [2.75, 3.05) is 33.5 Å². The number of unbranched alkanes of at least 4 members (excludes halogenated alkanes) is 1. The highest BCUT2D eigenvalue weighted by Crippen LogP contribution is 2.33. The van der Waals surface area contributed by atoms with Gasteiger partial charge in [0.25, 0.3) is 0 Å². The Morgan fingerprint density at radius 1 is 1.00 bits per heavy atom. The number of nitrogens with one attached hydrogen (secondary N) is 1. The van der Waals surface area contributed by atoms with Gasteiger partial charge in [-0.25, -0.2) is 4.79 Å². The molecule has 9 heteroatoms. The van der Waals surface area contributed by atoms with Gasteiger partial charge in [-0.1, -0.05) is 48.7 Å². The van der Waals surface area contributed by atoms with E-state index < -0.39 is 18.0 Å². The van der Waals surface area contributed by atoms with Crippen LogP contribution in [0.25, 0.3) is 0 Å². The number of aryl methyl sites for hydroxylation is 1. The molecule has 0 fully saturated rings. The van der Waals surface area contributed by atoms with Crippen LogP contribution in [0.2, 0.25) is 10.0 Å². The first-order valence-electron chi connectivity index (χ1n) is 11.1. The summed E-state index contributed by atoms with van der Waals surface area (Å²) in [5, 5.41) is 3.54. The van der Waals surface area contributed by atoms with Crippen molar-refractivity contribution in [3.05, 3.63) is 57.6 Å². The minimum Gasteiger partial charge on any atom is -0.490 e. The third-order valence-corrected chi connectivity index (χ3v) is 5.47. The lowest BCUT2D eigenvalue weighted by molar-refractivity contribution is -0.145. The van der Waals surface area contributed by atoms with Gasteiger partial charge >= 0.3 is 12.1 Å².